The summed E-state index contributed by atoms with van der Waals surface area (Å²) in [5, 5.41) is 21.9. The van der Waals surface area contributed by atoms with E-state index >= 15 is 0 Å². The Hall–Kier alpha value is -2.09. The number of ether oxygens (including phenoxy) is 1. The van der Waals surface area contributed by atoms with Crippen LogP contribution in [-0.2, 0) is 4.74 Å². The van der Waals surface area contributed by atoms with Crippen LogP contribution in [0.2, 0.25) is 0 Å². The van der Waals surface area contributed by atoms with Gasteiger partial charge in [0.05, 0.1) is 25.4 Å². The molecule has 23 heavy (non-hydrogen) atoms. The van der Waals surface area contributed by atoms with E-state index in [4.69, 9.17) is 9.84 Å². The SMILES string of the molecule is COC(=O)c1ccnc(Sc2cccc(NCC(O)CO)c2)c1. The van der Waals surface area contributed by atoms with E-state index in [-0.39, 0.29) is 13.2 Å². The molecule has 0 amide bonds. The van der Waals surface area contributed by atoms with Crippen LogP contribution in [0, 0.1) is 0 Å². The highest BCUT2D eigenvalue weighted by atomic mass is 32.2. The molecule has 6 nitrogen and oxygen atoms in total. The molecule has 0 radical (unpaired) electrons. The van der Waals surface area contributed by atoms with Crippen molar-refractivity contribution in [1.82, 2.24) is 4.98 Å². The first-order valence-corrected chi connectivity index (χ1v) is 7.79. The normalized spacial score (nSPS) is 11.8. The summed E-state index contributed by atoms with van der Waals surface area (Å²) in [7, 11) is 1.34. The largest absolute Gasteiger partial charge is 0.465 e. The van der Waals surface area contributed by atoms with Crippen molar-refractivity contribution >= 4 is 23.4 Å². The Morgan fingerprint density at radius 1 is 1.39 bits per heavy atom. The zero-order valence-corrected chi connectivity index (χ0v) is 13.4. The molecule has 122 valence electrons. The maximum absolute atomic E-state index is 11.5. The van der Waals surface area contributed by atoms with E-state index < -0.39 is 12.1 Å². The number of anilines is 1. The molecule has 3 N–H and O–H groups in total. The van der Waals surface area contributed by atoms with Crippen molar-refractivity contribution in [2.75, 3.05) is 25.6 Å². The summed E-state index contributed by atoms with van der Waals surface area (Å²) in [5.74, 6) is -0.400. The van der Waals surface area contributed by atoms with Crippen LogP contribution in [0.15, 0.2) is 52.5 Å². The third kappa shape index (κ3) is 5.24. The lowest BCUT2D eigenvalue weighted by Gasteiger charge is -2.11. The molecule has 1 atom stereocenters. The molecule has 1 aromatic heterocycles. The molecule has 0 bridgehead atoms. The summed E-state index contributed by atoms with van der Waals surface area (Å²) in [4.78, 5) is 16.7. The van der Waals surface area contributed by atoms with E-state index in [0.717, 1.165) is 10.6 Å². The van der Waals surface area contributed by atoms with Gasteiger partial charge in [0, 0.05) is 23.3 Å². The van der Waals surface area contributed by atoms with E-state index in [2.05, 4.69) is 10.3 Å². The van der Waals surface area contributed by atoms with Crippen molar-refractivity contribution in [1.29, 1.82) is 0 Å². The number of rotatable bonds is 7. The van der Waals surface area contributed by atoms with Crippen LogP contribution < -0.4 is 5.32 Å². The van der Waals surface area contributed by atoms with E-state index in [9.17, 15) is 9.90 Å². The first-order chi connectivity index (χ1) is 11.1. The van der Waals surface area contributed by atoms with Crippen LogP contribution in [0.3, 0.4) is 0 Å². The van der Waals surface area contributed by atoms with Crippen LogP contribution in [-0.4, -0.2) is 47.5 Å². The standard InChI is InChI=1S/C16H18N2O4S/c1-22-16(21)11-5-6-17-15(7-11)23-14-4-2-3-12(8-14)18-9-13(20)10-19/h2-8,13,18-20H,9-10H2,1H3. The number of nitrogens with one attached hydrogen (secondary N) is 1. The lowest BCUT2D eigenvalue weighted by atomic mass is 10.3. The Labute approximate surface area is 138 Å². The highest BCUT2D eigenvalue weighted by Gasteiger charge is 2.08. The van der Waals surface area contributed by atoms with Crippen molar-refractivity contribution in [2.24, 2.45) is 0 Å². The number of aliphatic hydroxyl groups excluding tert-OH is 2. The van der Waals surface area contributed by atoms with Gasteiger partial charge in [0.1, 0.15) is 5.03 Å². The Balaban J connectivity index is 2.07. The minimum absolute atomic E-state index is 0.265. The van der Waals surface area contributed by atoms with Gasteiger partial charge in [0.2, 0.25) is 0 Å². The summed E-state index contributed by atoms with van der Waals surface area (Å²) >= 11 is 1.41. The first kappa shape index (κ1) is 17.3. The lowest BCUT2D eigenvalue weighted by Crippen LogP contribution is -2.22. The predicted molar refractivity (Wildman–Crippen MR) is 87.7 cm³/mol. The number of aromatic nitrogens is 1. The van der Waals surface area contributed by atoms with Crippen LogP contribution in [0.5, 0.6) is 0 Å². The summed E-state index contributed by atoms with van der Waals surface area (Å²) in [6, 6.07) is 10.8. The van der Waals surface area contributed by atoms with E-state index in [1.165, 1.54) is 18.9 Å². The van der Waals surface area contributed by atoms with E-state index in [0.29, 0.717) is 10.6 Å². The minimum atomic E-state index is -0.801. The molecule has 1 unspecified atom stereocenters. The molecule has 0 saturated carbocycles. The van der Waals surface area contributed by atoms with Gasteiger partial charge >= 0.3 is 5.97 Å². The fraction of sp³-hybridized carbons (Fsp3) is 0.250. The molecule has 0 spiro atoms. The van der Waals surface area contributed by atoms with Crippen molar-refractivity contribution in [3.8, 4) is 0 Å². The van der Waals surface area contributed by atoms with E-state index in [1.54, 1.807) is 18.3 Å². The lowest BCUT2D eigenvalue weighted by molar-refractivity contribution is 0.0600. The van der Waals surface area contributed by atoms with Gasteiger partial charge in [-0.1, -0.05) is 17.8 Å². The van der Waals surface area contributed by atoms with Gasteiger partial charge in [-0.05, 0) is 30.3 Å². The predicted octanol–water partition coefficient (Wildman–Crippen LogP) is 1.78. The number of hydrogen-bond donors (Lipinski definition) is 3. The van der Waals surface area contributed by atoms with Crippen LogP contribution in [0.1, 0.15) is 10.4 Å². The van der Waals surface area contributed by atoms with Crippen molar-refractivity contribution in [3.63, 3.8) is 0 Å². The number of aliphatic hydroxyl groups is 2. The average Bonchev–Trinajstić information content (AvgIpc) is 2.59. The molecule has 1 aromatic carbocycles. The molecule has 0 fully saturated rings. The van der Waals surface area contributed by atoms with Crippen molar-refractivity contribution < 1.29 is 19.7 Å². The highest BCUT2D eigenvalue weighted by Crippen LogP contribution is 2.28. The molecule has 0 saturated heterocycles. The van der Waals surface area contributed by atoms with Gasteiger partial charge in [0.25, 0.3) is 0 Å². The Bertz CT molecular complexity index is 666. The van der Waals surface area contributed by atoms with Crippen LogP contribution in [0.4, 0.5) is 5.69 Å². The minimum Gasteiger partial charge on any atom is -0.465 e. The number of hydrogen-bond acceptors (Lipinski definition) is 7. The fourth-order valence-electron chi connectivity index (χ4n) is 1.80. The summed E-state index contributed by atoms with van der Waals surface area (Å²) in [6.07, 6.45) is 0.763. The number of pyridine rings is 1. The van der Waals surface area contributed by atoms with Gasteiger partial charge in [-0.3, -0.25) is 0 Å². The maximum Gasteiger partial charge on any atom is 0.337 e. The van der Waals surface area contributed by atoms with Crippen LogP contribution in [0.25, 0.3) is 0 Å². The van der Waals surface area contributed by atoms with Gasteiger partial charge < -0.3 is 20.3 Å². The van der Waals surface area contributed by atoms with Gasteiger partial charge in [-0.15, -0.1) is 0 Å². The average molecular weight is 334 g/mol. The second-order valence-electron chi connectivity index (χ2n) is 4.72. The second kappa shape index (κ2) is 8.52. The smallest absolute Gasteiger partial charge is 0.337 e. The van der Waals surface area contributed by atoms with Crippen molar-refractivity contribution in [2.45, 2.75) is 16.0 Å². The van der Waals surface area contributed by atoms with Gasteiger partial charge in [-0.2, -0.15) is 0 Å². The van der Waals surface area contributed by atoms with Gasteiger partial charge in [0.15, 0.2) is 0 Å². The van der Waals surface area contributed by atoms with Crippen LogP contribution >= 0.6 is 11.8 Å². The molecule has 0 aliphatic rings. The monoisotopic (exact) mass is 334 g/mol. The fourth-order valence-corrected chi connectivity index (χ4v) is 2.67. The third-order valence-electron chi connectivity index (χ3n) is 2.96. The summed E-state index contributed by atoms with van der Waals surface area (Å²) in [5.41, 5.74) is 1.27. The van der Waals surface area contributed by atoms with E-state index in [1.807, 2.05) is 24.3 Å². The number of carbonyl (C=O) groups excluding carboxylic acids is 1. The zero-order chi connectivity index (χ0) is 16.7. The Kier molecular flexibility index (Phi) is 6.40. The summed E-state index contributed by atoms with van der Waals surface area (Å²) in [6.45, 7) is -0.0215. The van der Waals surface area contributed by atoms with Gasteiger partial charge in [-0.25, -0.2) is 9.78 Å². The number of nitrogens with zero attached hydrogens (tertiary/aromatic N) is 1. The highest BCUT2D eigenvalue weighted by molar-refractivity contribution is 7.99. The molecule has 0 aliphatic carbocycles. The molecule has 2 rings (SSSR count). The number of methoxy groups -OCH3 is 1. The molecular weight excluding hydrogens is 316 g/mol. The van der Waals surface area contributed by atoms with Crippen molar-refractivity contribution in [3.05, 3.63) is 48.2 Å². The molecule has 0 aliphatic heterocycles. The molecule has 1 heterocycles. The number of carbonyl (C=O) groups is 1. The maximum atomic E-state index is 11.5. The zero-order valence-electron chi connectivity index (χ0n) is 12.6. The second-order valence-corrected chi connectivity index (χ2v) is 5.82. The number of esters is 1. The summed E-state index contributed by atoms with van der Waals surface area (Å²) < 4.78 is 4.70. The Morgan fingerprint density at radius 3 is 2.96 bits per heavy atom. The first-order valence-electron chi connectivity index (χ1n) is 6.97. The quantitative estimate of drug-likeness (QED) is 0.665. The third-order valence-corrected chi connectivity index (χ3v) is 3.89. The molecular formula is C16H18N2O4S. The Morgan fingerprint density at radius 2 is 2.22 bits per heavy atom. The molecule has 7 heteroatoms. The molecule has 2 aromatic rings. The number of benzene rings is 1. The topological polar surface area (TPSA) is 91.7 Å².